The molecule has 6 nitrogen and oxygen atoms in total. The van der Waals surface area contributed by atoms with Crippen molar-refractivity contribution in [2.24, 2.45) is 11.8 Å². The van der Waals surface area contributed by atoms with E-state index in [1.807, 2.05) is 13.8 Å². The highest BCUT2D eigenvalue weighted by Crippen LogP contribution is 2.20. The number of rotatable bonds is 6. The highest BCUT2D eigenvalue weighted by molar-refractivity contribution is 7.99. The zero-order chi connectivity index (χ0) is 12.8. The molecule has 0 unspecified atom stereocenters. The smallest absolute Gasteiger partial charge is 0.322 e. The number of nitrogens with zero attached hydrogens (tertiary/aromatic N) is 3. The highest BCUT2D eigenvalue weighted by atomic mass is 32.2. The van der Waals surface area contributed by atoms with Crippen LogP contribution in [0.3, 0.4) is 0 Å². The van der Waals surface area contributed by atoms with Crippen molar-refractivity contribution in [1.29, 1.82) is 0 Å². The molecule has 0 bridgehead atoms. The second kappa shape index (κ2) is 6.61. The summed E-state index contributed by atoms with van der Waals surface area (Å²) >= 11 is 1.56. The average molecular weight is 257 g/mol. The molecule has 0 radical (unpaired) electrons. The Bertz CT molecular complexity index is 359. The summed E-state index contributed by atoms with van der Waals surface area (Å²) in [4.78, 5) is 12.4. The van der Waals surface area contributed by atoms with Gasteiger partial charge in [0.25, 0.3) is 0 Å². The quantitative estimate of drug-likeness (QED) is 0.455. The van der Waals surface area contributed by atoms with E-state index in [0.717, 1.165) is 5.75 Å². The van der Waals surface area contributed by atoms with Crippen LogP contribution >= 0.6 is 11.8 Å². The molecule has 1 aromatic heterocycles. The maximum Gasteiger partial charge on any atom is 0.322 e. The fraction of sp³-hybridized carbons (Fsp3) is 0.700. The molecule has 0 saturated heterocycles. The van der Waals surface area contributed by atoms with Crippen LogP contribution in [0.25, 0.3) is 0 Å². The first-order valence-electron chi connectivity index (χ1n) is 5.53. The molecule has 1 rings (SSSR count). The molecule has 7 heteroatoms. The van der Waals surface area contributed by atoms with E-state index in [9.17, 15) is 0 Å². The molecular weight excluding hydrogens is 238 g/mol. The first-order chi connectivity index (χ1) is 8.01. The summed E-state index contributed by atoms with van der Waals surface area (Å²) in [6.45, 7) is 8.12. The molecule has 3 N–H and O–H groups in total. The van der Waals surface area contributed by atoms with Crippen molar-refractivity contribution < 1.29 is 4.74 Å². The van der Waals surface area contributed by atoms with E-state index in [1.54, 1.807) is 11.8 Å². The van der Waals surface area contributed by atoms with Crippen molar-refractivity contribution in [1.82, 2.24) is 15.0 Å². The van der Waals surface area contributed by atoms with Crippen molar-refractivity contribution >= 4 is 17.7 Å². The molecule has 0 aliphatic carbocycles. The minimum atomic E-state index is 0.0194. The van der Waals surface area contributed by atoms with E-state index in [4.69, 9.17) is 10.6 Å². The third-order valence-corrected chi connectivity index (χ3v) is 2.88. The third kappa shape index (κ3) is 5.18. The monoisotopic (exact) mass is 257 g/mol. The van der Waals surface area contributed by atoms with E-state index < -0.39 is 0 Å². The van der Waals surface area contributed by atoms with E-state index in [1.165, 1.54) is 0 Å². The van der Waals surface area contributed by atoms with Crippen LogP contribution in [0.15, 0.2) is 5.16 Å². The minimum absolute atomic E-state index is 0.0194. The van der Waals surface area contributed by atoms with Gasteiger partial charge in [-0.1, -0.05) is 25.6 Å². The Kier molecular flexibility index (Phi) is 5.43. The molecule has 0 spiro atoms. The van der Waals surface area contributed by atoms with Crippen molar-refractivity contribution in [3.8, 4) is 6.01 Å². The molecule has 0 fully saturated rings. The Labute approximate surface area is 106 Å². The van der Waals surface area contributed by atoms with Crippen molar-refractivity contribution in [3.63, 3.8) is 0 Å². The average Bonchev–Trinajstić information content (AvgIpc) is 2.25. The van der Waals surface area contributed by atoms with Gasteiger partial charge >= 0.3 is 6.01 Å². The zero-order valence-electron chi connectivity index (χ0n) is 10.6. The van der Waals surface area contributed by atoms with Crippen molar-refractivity contribution in [2.75, 3.05) is 11.2 Å². The van der Waals surface area contributed by atoms with E-state index in [2.05, 4.69) is 34.2 Å². The van der Waals surface area contributed by atoms with Crippen molar-refractivity contribution in [3.05, 3.63) is 0 Å². The van der Waals surface area contributed by atoms with Gasteiger partial charge < -0.3 is 4.74 Å². The molecule has 96 valence electrons. The molecule has 1 aromatic rings. The molecule has 1 heterocycles. The standard InChI is InChI=1S/C10H19N5OS/c1-6(2)5-17-10-13-8(15-11)12-9(14-10)16-7(3)4/h6-7H,5,11H2,1-4H3,(H,12,13,14,15). The second-order valence-electron chi connectivity index (χ2n) is 4.24. The van der Waals surface area contributed by atoms with E-state index in [0.29, 0.717) is 23.0 Å². The second-order valence-corrected chi connectivity index (χ2v) is 5.23. The third-order valence-electron chi connectivity index (χ3n) is 1.61. The van der Waals surface area contributed by atoms with Crippen LogP contribution in [0.4, 0.5) is 5.95 Å². The highest BCUT2D eigenvalue weighted by Gasteiger charge is 2.09. The van der Waals surface area contributed by atoms with Crippen LogP contribution < -0.4 is 16.0 Å². The van der Waals surface area contributed by atoms with Gasteiger partial charge in [-0.2, -0.15) is 15.0 Å². The number of ether oxygens (including phenoxy) is 1. The minimum Gasteiger partial charge on any atom is -0.461 e. The van der Waals surface area contributed by atoms with E-state index >= 15 is 0 Å². The Balaban J connectivity index is 2.81. The summed E-state index contributed by atoms with van der Waals surface area (Å²) in [7, 11) is 0. The van der Waals surface area contributed by atoms with Crippen LogP contribution in [0, 0.1) is 5.92 Å². The molecule has 0 aliphatic heterocycles. The molecule has 0 amide bonds. The van der Waals surface area contributed by atoms with Crippen LogP contribution in [-0.2, 0) is 0 Å². The summed E-state index contributed by atoms with van der Waals surface area (Å²) in [6, 6.07) is 0.300. The van der Waals surface area contributed by atoms with Gasteiger partial charge in [-0.25, -0.2) is 5.84 Å². The summed E-state index contributed by atoms with van der Waals surface area (Å²) in [6.07, 6.45) is 0.0194. The lowest BCUT2D eigenvalue weighted by Crippen LogP contribution is -2.15. The lowest BCUT2D eigenvalue weighted by molar-refractivity contribution is 0.219. The van der Waals surface area contributed by atoms with Crippen LogP contribution in [0.1, 0.15) is 27.7 Å². The number of hydrogen-bond donors (Lipinski definition) is 2. The fourth-order valence-electron chi connectivity index (χ4n) is 0.972. The van der Waals surface area contributed by atoms with Gasteiger partial charge in [-0.3, -0.25) is 5.43 Å². The summed E-state index contributed by atoms with van der Waals surface area (Å²) < 4.78 is 5.43. The fourth-order valence-corrected chi connectivity index (χ4v) is 1.75. The SMILES string of the molecule is CC(C)CSc1nc(NN)nc(OC(C)C)n1. The first-order valence-corrected chi connectivity index (χ1v) is 6.52. The Morgan fingerprint density at radius 1 is 1.24 bits per heavy atom. The summed E-state index contributed by atoms with van der Waals surface area (Å²) in [5, 5.41) is 0.622. The number of nitrogens with one attached hydrogen (secondary N) is 1. The molecular formula is C10H19N5OS. The van der Waals surface area contributed by atoms with Gasteiger partial charge in [-0.15, -0.1) is 0 Å². The Morgan fingerprint density at radius 3 is 2.47 bits per heavy atom. The van der Waals surface area contributed by atoms with Gasteiger partial charge in [0, 0.05) is 5.75 Å². The maximum absolute atomic E-state index is 5.43. The summed E-state index contributed by atoms with van der Waals surface area (Å²) in [5.74, 6) is 7.14. The first kappa shape index (κ1) is 14.0. The number of thioether (sulfide) groups is 1. The number of nitrogens with two attached hydrogens (primary N) is 1. The molecule has 0 aromatic carbocycles. The zero-order valence-corrected chi connectivity index (χ0v) is 11.4. The predicted molar refractivity (Wildman–Crippen MR) is 69.0 cm³/mol. The van der Waals surface area contributed by atoms with Crippen LogP contribution in [0.2, 0.25) is 0 Å². The number of nitrogen functional groups attached to an aromatic ring is 1. The van der Waals surface area contributed by atoms with E-state index in [-0.39, 0.29) is 6.10 Å². The number of anilines is 1. The van der Waals surface area contributed by atoms with Gasteiger partial charge in [0.15, 0.2) is 5.16 Å². The van der Waals surface area contributed by atoms with Crippen LogP contribution in [0.5, 0.6) is 6.01 Å². The van der Waals surface area contributed by atoms with Gasteiger partial charge in [0.1, 0.15) is 0 Å². The molecule has 17 heavy (non-hydrogen) atoms. The van der Waals surface area contributed by atoms with Gasteiger partial charge in [0.2, 0.25) is 5.95 Å². The Morgan fingerprint density at radius 2 is 1.94 bits per heavy atom. The normalized spacial score (nSPS) is 11.0. The molecule has 0 aliphatic rings. The number of hydrogen-bond acceptors (Lipinski definition) is 7. The van der Waals surface area contributed by atoms with Gasteiger partial charge in [-0.05, 0) is 19.8 Å². The lowest BCUT2D eigenvalue weighted by atomic mass is 10.3. The maximum atomic E-state index is 5.43. The van der Waals surface area contributed by atoms with Crippen molar-refractivity contribution in [2.45, 2.75) is 39.0 Å². The Hall–Kier alpha value is -1.08. The lowest BCUT2D eigenvalue weighted by Gasteiger charge is -2.10. The number of aromatic nitrogens is 3. The topological polar surface area (TPSA) is 86.0 Å². The largest absolute Gasteiger partial charge is 0.461 e. The molecule has 0 atom stereocenters. The number of hydrazine groups is 1. The van der Waals surface area contributed by atoms with Crippen LogP contribution in [-0.4, -0.2) is 26.8 Å². The predicted octanol–water partition coefficient (Wildman–Crippen LogP) is 1.69. The van der Waals surface area contributed by atoms with Gasteiger partial charge in [0.05, 0.1) is 6.10 Å². The summed E-state index contributed by atoms with van der Waals surface area (Å²) in [5.41, 5.74) is 2.41. The molecule has 0 saturated carbocycles.